The van der Waals surface area contributed by atoms with Gasteiger partial charge in [0.25, 0.3) is 15.9 Å². The third-order valence-corrected chi connectivity index (χ3v) is 7.30. The van der Waals surface area contributed by atoms with Gasteiger partial charge in [-0.25, -0.2) is 23.1 Å². The molecule has 0 aliphatic rings. The predicted octanol–water partition coefficient (Wildman–Crippen LogP) is 4.24. The Morgan fingerprint density at radius 3 is 2.59 bits per heavy atom. The molecule has 0 saturated heterocycles. The molecule has 0 bridgehead atoms. The van der Waals surface area contributed by atoms with Crippen LogP contribution in [0.3, 0.4) is 0 Å². The normalized spacial score (nSPS) is 11.4. The minimum atomic E-state index is -3.77. The molecular formula is C23H18N6O3S2. The fourth-order valence-corrected chi connectivity index (χ4v) is 5.19. The van der Waals surface area contributed by atoms with Gasteiger partial charge in [-0.05, 0) is 49.4 Å². The first kappa shape index (κ1) is 21.7. The van der Waals surface area contributed by atoms with Crippen LogP contribution in [0.25, 0.3) is 16.7 Å². The maximum Gasteiger partial charge on any atom is 0.263 e. The van der Waals surface area contributed by atoms with Crippen LogP contribution >= 0.6 is 11.3 Å². The topological polar surface area (TPSA) is 119 Å². The number of sulfonamides is 1. The Hall–Kier alpha value is -4.09. The number of hydrogen-bond acceptors (Lipinski definition) is 7. The molecule has 2 N–H and O–H groups in total. The van der Waals surface area contributed by atoms with Crippen molar-refractivity contribution in [3.63, 3.8) is 0 Å². The molecule has 0 aliphatic carbocycles. The van der Waals surface area contributed by atoms with Gasteiger partial charge < -0.3 is 5.32 Å². The lowest BCUT2D eigenvalue weighted by Gasteiger charge is -2.08. The van der Waals surface area contributed by atoms with Crippen LogP contribution in [0.4, 0.5) is 10.8 Å². The largest absolute Gasteiger partial charge is 0.322 e. The number of amides is 1. The SMILES string of the molecule is Cc1c(C(=O)Nc2ccc(S(=O)(=O)Nc3nccs3)cc2)cnn1-c1ccc2ccccc2n1. The molecule has 0 radical (unpaired) electrons. The van der Waals surface area contributed by atoms with E-state index in [2.05, 4.69) is 25.1 Å². The summed E-state index contributed by atoms with van der Waals surface area (Å²) in [6, 6.07) is 17.5. The zero-order valence-corrected chi connectivity index (χ0v) is 19.5. The van der Waals surface area contributed by atoms with Gasteiger partial charge in [0.15, 0.2) is 10.9 Å². The van der Waals surface area contributed by atoms with Crippen molar-refractivity contribution in [2.75, 3.05) is 10.0 Å². The van der Waals surface area contributed by atoms with Gasteiger partial charge in [0, 0.05) is 22.7 Å². The summed E-state index contributed by atoms with van der Waals surface area (Å²) in [5.41, 5.74) is 2.30. The van der Waals surface area contributed by atoms with Crippen molar-refractivity contribution in [1.29, 1.82) is 0 Å². The highest BCUT2D eigenvalue weighted by atomic mass is 32.2. The van der Waals surface area contributed by atoms with Gasteiger partial charge in [0.05, 0.1) is 27.9 Å². The fraction of sp³-hybridized carbons (Fsp3) is 0.0435. The van der Waals surface area contributed by atoms with Crippen molar-refractivity contribution in [2.45, 2.75) is 11.8 Å². The van der Waals surface area contributed by atoms with Gasteiger partial charge in [-0.3, -0.25) is 9.52 Å². The van der Waals surface area contributed by atoms with Crippen LogP contribution in [0.1, 0.15) is 16.1 Å². The molecule has 3 aromatic heterocycles. The summed E-state index contributed by atoms with van der Waals surface area (Å²) in [4.78, 5) is 21.5. The van der Waals surface area contributed by atoms with E-state index in [-0.39, 0.29) is 15.9 Å². The van der Waals surface area contributed by atoms with Crippen molar-refractivity contribution in [3.8, 4) is 5.82 Å². The molecule has 0 saturated carbocycles. The standard InChI is InChI=1S/C23H18N6O3S2/c1-15-19(14-25-29(15)21-11-6-16-4-2-3-5-20(16)27-21)22(30)26-17-7-9-18(10-8-17)34(31,32)28-23-24-12-13-33-23/h2-14H,1H3,(H,24,28)(H,26,30). The minimum Gasteiger partial charge on any atom is -0.322 e. The molecule has 11 heteroatoms. The zero-order valence-electron chi connectivity index (χ0n) is 17.8. The van der Waals surface area contributed by atoms with E-state index < -0.39 is 10.0 Å². The predicted molar refractivity (Wildman–Crippen MR) is 131 cm³/mol. The molecule has 0 aliphatic heterocycles. The van der Waals surface area contributed by atoms with E-state index in [4.69, 9.17) is 0 Å². The van der Waals surface area contributed by atoms with E-state index in [0.717, 1.165) is 10.9 Å². The van der Waals surface area contributed by atoms with E-state index in [1.165, 1.54) is 48.0 Å². The summed E-state index contributed by atoms with van der Waals surface area (Å²) >= 11 is 1.18. The lowest BCUT2D eigenvalue weighted by atomic mass is 10.2. The van der Waals surface area contributed by atoms with E-state index >= 15 is 0 Å². The van der Waals surface area contributed by atoms with Crippen LogP contribution in [-0.2, 0) is 10.0 Å². The van der Waals surface area contributed by atoms with Crippen LogP contribution in [0.15, 0.2) is 83.3 Å². The number of nitrogens with zero attached hydrogens (tertiary/aromatic N) is 4. The summed E-state index contributed by atoms with van der Waals surface area (Å²) < 4.78 is 29.0. The fourth-order valence-electron chi connectivity index (χ4n) is 3.40. The molecule has 1 amide bonds. The first-order valence-corrected chi connectivity index (χ1v) is 12.5. The van der Waals surface area contributed by atoms with Gasteiger partial charge in [-0.2, -0.15) is 5.10 Å². The first-order chi connectivity index (χ1) is 16.4. The number of fused-ring (bicyclic) bond motifs is 1. The van der Waals surface area contributed by atoms with E-state index in [1.54, 1.807) is 17.0 Å². The lowest BCUT2D eigenvalue weighted by molar-refractivity contribution is 0.102. The van der Waals surface area contributed by atoms with Gasteiger partial charge in [0.2, 0.25) is 0 Å². The maximum absolute atomic E-state index is 12.9. The van der Waals surface area contributed by atoms with E-state index in [9.17, 15) is 13.2 Å². The number of carbonyl (C=O) groups excluding carboxylic acids is 1. The molecular weight excluding hydrogens is 472 g/mol. The second-order valence-electron chi connectivity index (χ2n) is 7.34. The Morgan fingerprint density at radius 1 is 1.03 bits per heavy atom. The zero-order chi connectivity index (χ0) is 23.7. The second-order valence-corrected chi connectivity index (χ2v) is 9.92. The number of para-hydroxylation sites is 1. The highest BCUT2D eigenvalue weighted by Crippen LogP contribution is 2.21. The number of anilines is 2. The highest BCUT2D eigenvalue weighted by Gasteiger charge is 2.18. The Balaban J connectivity index is 1.33. The van der Waals surface area contributed by atoms with Crippen LogP contribution in [0, 0.1) is 6.92 Å². The van der Waals surface area contributed by atoms with Gasteiger partial charge in [0.1, 0.15) is 0 Å². The molecule has 5 rings (SSSR count). The molecule has 0 unspecified atom stereocenters. The van der Waals surface area contributed by atoms with Crippen LogP contribution in [0.5, 0.6) is 0 Å². The third-order valence-electron chi connectivity index (χ3n) is 5.13. The number of rotatable bonds is 6. The smallest absolute Gasteiger partial charge is 0.263 e. The molecule has 0 spiro atoms. The lowest BCUT2D eigenvalue weighted by Crippen LogP contribution is -2.14. The number of thiazole rings is 1. The molecule has 170 valence electrons. The Bertz CT molecular complexity index is 1590. The Kier molecular flexibility index (Phi) is 5.56. The van der Waals surface area contributed by atoms with Crippen LogP contribution < -0.4 is 10.0 Å². The molecule has 9 nitrogen and oxygen atoms in total. The van der Waals surface area contributed by atoms with E-state index in [1.807, 2.05) is 36.4 Å². The average Bonchev–Trinajstić information content (AvgIpc) is 3.48. The summed E-state index contributed by atoms with van der Waals surface area (Å²) in [6.45, 7) is 1.79. The monoisotopic (exact) mass is 490 g/mol. The minimum absolute atomic E-state index is 0.0621. The summed E-state index contributed by atoms with van der Waals surface area (Å²) in [7, 11) is -3.77. The van der Waals surface area contributed by atoms with Crippen molar-refractivity contribution in [2.24, 2.45) is 0 Å². The maximum atomic E-state index is 12.9. The molecule has 5 aromatic rings. The van der Waals surface area contributed by atoms with Crippen molar-refractivity contribution < 1.29 is 13.2 Å². The Labute approximate surface area is 199 Å². The molecule has 2 aromatic carbocycles. The quantitative estimate of drug-likeness (QED) is 0.368. The molecule has 0 atom stereocenters. The molecule has 3 heterocycles. The van der Waals surface area contributed by atoms with Crippen molar-refractivity contribution >= 4 is 49.0 Å². The number of benzene rings is 2. The number of carbonyl (C=O) groups is 1. The Morgan fingerprint density at radius 2 is 1.82 bits per heavy atom. The first-order valence-electron chi connectivity index (χ1n) is 10.2. The van der Waals surface area contributed by atoms with Crippen LogP contribution in [0.2, 0.25) is 0 Å². The van der Waals surface area contributed by atoms with Gasteiger partial charge in [-0.15, -0.1) is 11.3 Å². The summed E-state index contributed by atoms with van der Waals surface area (Å²) in [5, 5.41) is 10.1. The number of hydrogen-bond donors (Lipinski definition) is 2. The summed E-state index contributed by atoms with van der Waals surface area (Å²) in [5.74, 6) is 0.249. The van der Waals surface area contributed by atoms with E-state index in [0.29, 0.717) is 22.8 Å². The van der Waals surface area contributed by atoms with Gasteiger partial charge in [-0.1, -0.05) is 18.2 Å². The van der Waals surface area contributed by atoms with Crippen molar-refractivity contribution in [3.05, 3.63) is 89.7 Å². The number of aromatic nitrogens is 4. The van der Waals surface area contributed by atoms with Gasteiger partial charge >= 0.3 is 0 Å². The second kappa shape index (κ2) is 8.69. The molecule has 34 heavy (non-hydrogen) atoms. The van der Waals surface area contributed by atoms with Crippen LogP contribution in [-0.4, -0.2) is 34.1 Å². The average molecular weight is 491 g/mol. The number of pyridine rings is 1. The number of nitrogens with one attached hydrogen (secondary N) is 2. The van der Waals surface area contributed by atoms with Crippen molar-refractivity contribution in [1.82, 2.24) is 19.7 Å². The molecule has 0 fully saturated rings. The highest BCUT2D eigenvalue weighted by molar-refractivity contribution is 7.93. The third kappa shape index (κ3) is 4.26. The summed E-state index contributed by atoms with van der Waals surface area (Å²) in [6.07, 6.45) is 3.00.